The van der Waals surface area contributed by atoms with Gasteiger partial charge in [0.15, 0.2) is 23.0 Å². The normalized spacial score (nSPS) is 12.8. The van der Waals surface area contributed by atoms with Crippen molar-refractivity contribution in [2.45, 2.75) is 27.7 Å². The minimum atomic E-state index is 0.166. The van der Waals surface area contributed by atoms with Crippen LogP contribution in [0, 0.1) is 13.8 Å². The Morgan fingerprint density at radius 1 is 0.607 bits per heavy atom. The monoisotopic (exact) mass is 880 g/mol. The number of anilines is 1. The lowest BCUT2D eigenvalue weighted by molar-refractivity contribution is 0.331. The molecule has 0 saturated carbocycles. The van der Waals surface area contributed by atoms with E-state index < -0.39 is 0 Å². The molecule has 1 aliphatic heterocycles. The fourth-order valence-corrected chi connectivity index (χ4v) is 9.74. The van der Waals surface area contributed by atoms with E-state index in [9.17, 15) is 0 Å². The van der Waals surface area contributed by atoms with Crippen LogP contribution in [0.1, 0.15) is 25.0 Å². The second kappa shape index (κ2) is 18.0. The molecule has 0 atom stereocenters. The van der Waals surface area contributed by atoms with Gasteiger partial charge in [0.2, 0.25) is 23.0 Å². The Morgan fingerprint density at radius 3 is 1.56 bits per heavy atom. The molecule has 7 heterocycles. The fraction of sp³-hybridized carbons (Fsp3) is 0.318. The molecule has 9 rings (SSSR count). The van der Waals surface area contributed by atoms with Gasteiger partial charge in [0.25, 0.3) is 0 Å². The van der Waals surface area contributed by atoms with Crippen molar-refractivity contribution in [3.8, 4) is 57.3 Å². The van der Waals surface area contributed by atoms with Crippen LogP contribution in [0.4, 0.5) is 5.95 Å². The van der Waals surface area contributed by atoms with Gasteiger partial charge in [-0.15, -0.1) is 22.7 Å². The fourth-order valence-electron chi connectivity index (χ4n) is 7.31. The number of aromatic nitrogens is 6. The Morgan fingerprint density at radius 2 is 1.08 bits per heavy atom. The van der Waals surface area contributed by atoms with Crippen molar-refractivity contribution in [3.63, 3.8) is 0 Å². The average molecular weight is 881 g/mol. The average Bonchev–Trinajstić information content (AvgIpc) is 3.86. The van der Waals surface area contributed by atoms with Gasteiger partial charge >= 0.3 is 0 Å². The molecule has 14 nitrogen and oxygen atoms in total. The summed E-state index contributed by atoms with van der Waals surface area (Å²) in [6, 6.07) is 15.7. The summed E-state index contributed by atoms with van der Waals surface area (Å²) >= 11 is 9.19. The van der Waals surface area contributed by atoms with E-state index in [-0.39, 0.29) is 5.28 Å². The highest BCUT2D eigenvalue weighted by molar-refractivity contribution is 7.26. The van der Waals surface area contributed by atoms with Crippen molar-refractivity contribution in [1.29, 1.82) is 0 Å². The first-order chi connectivity index (χ1) is 29.7. The maximum absolute atomic E-state index is 6.11. The predicted octanol–water partition coefficient (Wildman–Crippen LogP) is 9.32. The van der Waals surface area contributed by atoms with Crippen LogP contribution in [-0.2, 0) is 0 Å². The molecule has 6 aromatic heterocycles. The molecule has 0 radical (unpaired) electrons. The lowest BCUT2D eigenvalue weighted by Gasteiger charge is -2.27. The van der Waals surface area contributed by atoms with Crippen LogP contribution in [0.15, 0.2) is 48.5 Å². The number of thiophene rings is 2. The number of hydrogen-bond acceptors (Lipinski definition) is 16. The Balaban J connectivity index is 0.000000171. The van der Waals surface area contributed by atoms with Crippen LogP contribution >= 0.6 is 34.3 Å². The van der Waals surface area contributed by atoms with Crippen LogP contribution in [0.5, 0.6) is 34.8 Å². The lowest BCUT2D eigenvalue weighted by Crippen LogP contribution is -2.44. The number of hydrogen-bond donors (Lipinski definition) is 1. The number of aryl methyl sites for hydroxylation is 2. The van der Waals surface area contributed by atoms with Crippen molar-refractivity contribution >= 4 is 81.1 Å². The van der Waals surface area contributed by atoms with Crippen molar-refractivity contribution in [1.82, 2.24) is 35.2 Å². The molecule has 8 aromatic rings. The number of piperazine rings is 1. The minimum Gasteiger partial charge on any atom is -0.493 e. The maximum atomic E-state index is 6.11. The van der Waals surface area contributed by atoms with Gasteiger partial charge in [0, 0.05) is 48.1 Å². The van der Waals surface area contributed by atoms with E-state index in [0.29, 0.717) is 48.0 Å². The number of halogens is 1. The zero-order valence-corrected chi connectivity index (χ0v) is 37.5. The van der Waals surface area contributed by atoms with Crippen LogP contribution in [0.25, 0.3) is 63.4 Å². The third-order valence-corrected chi connectivity index (χ3v) is 12.5. The summed E-state index contributed by atoms with van der Waals surface area (Å²) in [4.78, 5) is 32.3. The molecule has 17 heteroatoms. The Hall–Kier alpha value is -5.81. The molecule has 0 aliphatic carbocycles. The largest absolute Gasteiger partial charge is 0.493 e. The maximum Gasteiger partial charge on any atom is 0.236 e. The van der Waals surface area contributed by atoms with Crippen molar-refractivity contribution in [2.75, 3.05) is 72.7 Å². The van der Waals surface area contributed by atoms with Gasteiger partial charge in [-0.2, -0.15) is 9.97 Å². The summed E-state index contributed by atoms with van der Waals surface area (Å²) in [5.74, 6) is 4.55. The number of pyridine rings is 2. The van der Waals surface area contributed by atoms with E-state index in [0.717, 1.165) is 107 Å². The lowest BCUT2D eigenvalue weighted by atomic mass is 10.1. The number of ether oxygens (including phenoxy) is 6. The standard InChI is InChI=1S/C24H27N5O3S.C20H18ClN3O3S/c1-5-32-22-21-20(27-24(28-22)29-10-8-25-9-11-29)19-14(2)12-16(26-23(19)33-21)15-6-7-17(30-3)18(13-15)31-4;1-5-27-18-17-16(23-20(21)24-18)15-10(2)8-12(22-19(15)28-17)11-6-7-13(25-3)14(9-11)26-4/h6-7,12-13,25H,5,8-11H2,1-4H3;6-9H,5H2,1-4H3. The summed E-state index contributed by atoms with van der Waals surface area (Å²) < 4.78 is 35.0. The third-order valence-electron chi connectivity index (χ3n) is 10.2. The number of nitrogens with zero attached hydrogens (tertiary/aromatic N) is 7. The summed E-state index contributed by atoms with van der Waals surface area (Å²) in [6.07, 6.45) is 0. The molecule has 61 heavy (non-hydrogen) atoms. The Bertz CT molecular complexity index is 2900. The van der Waals surface area contributed by atoms with E-state index in [1.54, 1.807) is 39.8 Å². The molecule has 316 valence electrons. The number of rotatable bonds is 11. The summed E-state index contributed by atoms with van der Waals surface area (Å²) in [5.41, 5.74) is 7.47. The number of benzene rings is 2. The van der Waals surface area contributed by atoms with Crippen molar-refractivity contribution in [2.24, 2.45) is 0 Å². The molecule has 0 amide bonds. The van der Waals surface area contributed by atoms with Gasteiger partial charge in [-0.1, -0.05) is 0 Å². The smallest absolute Gasteiger partial charge is 0.236 e. The first kappa shape index (κ1) is 41.9. The summed E-state index contributed by atoms with van der Waals surface area (Å²) in [7, 11) is 6.51. The second-order valence-corrected chi connectivity index (χ2v) is 16.3. The molecule has 1 saturated heterocycles. The molecule has 2 aromatic carbocycles. The molecule has 0 spiro atoms. The number of fused-ring (bicyclic) bond motifs is 6. The molecular formula is C44H45ClN8O6S2. The van der Waals surface area contributed by atoms with Crippen molar-refractivity contribution in [3.05, 3.63) is 64.9 Å². The zero-order valence-electron chi connectivity index (χ0n) is 35.1. The first-order valence-corrected chi connectivity index (χ1v) is 21.7. The molecule has 1 fully saturated rings. The molecule has 1 N–H and O–H groups in total. The SMILES string of the molecule is CCOc1nc(Cl)nc2c1sc1nc(-c3ccc(OC)c(OC)c3)cc(C)c12.CCOc1nc(N2CCNCC2)nc2c1sc1nc(-c3ccc(OC)c(OC)c3)cc(C)c12. The minimum absolute atomic E-state index is 0.166. The van der Waals surface area contributed by atoms with E-state index in [2.05, 4.69) is 33.2 Å². The molecular weight excluding hydrogens is 836 g/mol. The Labute approximate surface area is 365 Å². The number of nitrogens with one attached hydrogen (secondary N) is 1. The molecule has 0 unspecified atom stereocenters. The second-order valence-electron chi connectivity index (χ2n) is 13.9. The Kier molecular flexibility index (Phi) is 12.4. The van der Waals surface area contributed by atoms with Crippen LogP contribution in [-0.4, -0.2) is 97.7 Å². The van der Waals surface area contributed by atoms with Crippen LogP contribution in [0.3, 0.4) is 0 Å². The predicted molar refractivity (Wildman–Crippen MR) is 244 cm³/mol. The van der Waals surface area contributed by atoms with Gasteiger partial charge in [0.05, 0.1) is 58.6 Å². The summed E-state index contributed by atoms with van der Waals surface area (Å²) in [5, 5.41) is 5.57. The van der Waals surface area contributed by atoms with E-state index in [1.807, 2.05) is 63.2 Å². The molecule has 0 bridgehead atoms. The highest BCUT2D eigenvalue weighted by Gasteiger charge is 2.23. The van der Waals surface area contributed by atoms with Gasteiger partial charge in [-0.3, -0.25) is 0 Å². The highest BCUT2D eigenvalue weighted by atomic mass is 35.5. The zero-order chi connectivity index (χ0) is 42.8. The highest BCUT2D eigenvalue weighted by Crippen LogP contribution is 2.43. The van der Waals surface area contributed by atoms with Gasteiger partial charge in [-0.25, -0.2) is 19.9 Å². The molecule has 1 aliphatic rings. The summed E-state index contributed by atoms with van der Waals surface area (Å²) in [6.45, 7) is 12.7. The van der Waals surface area contributed by atoms with E-state index in [1.165, 1.54) is 11.3 Å². The van der Waals surface area contributed by atoms with Gasteiger partial charge < -0.3 is 38.6 Å². The first-order valence-electron chi connectivity index (χ1n) is 19.7. The van der Waals surface area contributed by atoms with Crippen molar-refractivity contribution < 1.29 is 28.4 Å². The van der Waals surface area contributed by atoms with Gasteiger partial charge in [0.1, 0.15) is 24.6 Å². The van der Waals surface area contributed by atoms with E-state index in [4.69, 9.17) is 60.0 Å². The third kappa shape index (κ3) is 8.20. The van der Waals surface area contributed by atoms with Gasteiger partial charge in [-0.05, 0) is 99.0 Å². The van der Waals surface area contributed by atoms with Crippen LogP contribution in [0.2, 0.25) is 5.28 Å². The van der Waals surface area contributed by atoms with Crippen LogP contribution < -0.4 is 38.6 Å². The topological polar surface area (TPSA) is 148 Å². The van der Waals surface area contributed by atoms with E-state index >= 15 is 0 Å². The number of methoxy groups -OCH3 is 4. The quantitative estimate of drug-likeness (QED) is 0.123.